The number of unbranched alkanes of at least 4 members (excludes halogenated alkanes) is 3. The Morgan fingerprint density at radius 2 is 1.62 bits per heavy atom. The van der Waals surface area contributed by atoms with Crippen LogP contribution in [-0.2, 0) is 9.57 Å². The Labute approximate surface area is 192 Å². The van der Waals surface area contributed by atoms with E-state index in [1.165, 1.54) is 6.08 Å². The van der Waals surface area contributed by atoms with E-state index in [-0.39, 0.29) is 17.2 Å². The smallest absolute Gasteiger partial charge is 0.156 e. The molecule has 0 spiro atoms. The molecule has 1 rings (SSSR count). The normalized spacial score (nSPS) is 11.1. The van der Waals surface area contributed by atoms with Gasteiger partial charge in [-0.25, -0.2) is 0 Å². The van der Waals surface area contributed by atoms with E-state index in [1.807, 2.05) is 13.8 Å². The molecule has 0 amide bonds. The fraction of sp³-hybridized carbons (Fsp3) is 0.550. The minimum absolute atomic E-state index is 0.0858. The largest absolute Gasteiger partial charge is 0.490 e. The molecule has 5 nitrogen and oxygen atoms in total. The van der Waals surface area contributed by atoms with Gasteiger partial charge < -0.3 is 19.0 Å². The quantitative estimate of drug-likeness (QED) is 0.151. The van der Waals surface area contributed by atoms with Gasteiger partial charge in [0.15, 0.2) is 5.75 Å². The van der Waals surface area contributed by atoms with Gasteiger partial charge in [0.1, 0.15) is 23.0 Å². The van der Waals surface area contributed by atoms with Crippen LogP contribution in [0.25, 0.3) is 0 Å². The van der Waals surface area contributed by atoms with Gasteiger partial charge in [-0.15, -0.1) is 0 Å². The number of halogens is 4. The molecule has 29 heavy (non-hydrogen) atoms. The monoisotopic (exact) mass is 485 g/mol. The number of oxime groups is 1. The summed E-state index contributed by atoms with van der Waals surface area (Å²) in [4.78, 5) is 5.04. The van der Waals surface area contributed by atoms with Gasteiger partial charge in [-0.05, 0) is 39.2 Å². The Balaban J connectivity index is 2.16. The van der Waals surface area contributed by atoms with Crippen molar-refractivity contribution >= 4 is 52.6 Å². The topological polar surface area (TPSA) is 49.3 Å². The molecule has 1 aromatic rings. The predicted molar refractivity (Wildman–Crippen MR) is 121 cm³/mol. The second-order valence-electron chi connectivity index (χ2n) is 6.30. The van der Waals surface area contributed by atoms with Gasteiger partial charge >= 0.3 is 0 Å². The molecule has 0 aromatic heterocycles. The van der Waals surface area contributed by atoms with Crippen molar-refractivity contribution in [3.63, 3.8) is 0 Å². The lowest BCUT2D eigenvalue weighted by Crippen LogP contribution is -2.02. The third-order valence-electron chi connectivity index (χ3n) is 3.43. The maximum atomic E-state index is 6.23. The zero-order valence-electron chi connectivity index (χ0n) is 16.6. The maximum Gasteiger partial charge on any atom is 0.156 e. The average molecular weight is 487 g/mol. The molecule has 164 valence electrons. The predicted octanol–water partition coefficient (Wildman–Crippen LogP) is 7.06. The summed E-state index contributed by atoms with van der Waals surface area (Å²) in [6.45, 7) is 5.75. The molecule has 0 saturated carbocycles. The lowest BCUT2D eigenvalue weighted by atomic mass is 10.2. The maximum absolute atomic E-state index is 6.23. The van der Waals surface area contributed by atoms with E-state index >= 15 is 0 Å². The standard InChI is InChI=1S/C20H27Cl4NO4/c1-15(2)29-25-8-12-26-9-5-3-4-6-10-28-20-17(21)13-16(14-18(20)22)27-11-7-19(23)24/h7-8,13-15H,3-6,9-12H2,1-2H3/b25-8+. The first-order valence-electron chi connectivity index (χ1n) is 9.41. The molecular formula is C20H27Cl4NO4. The van der Waals surface area contributed by atoms with Crippen molar-refractivity contribution in [1.29, 1.82) is 0 Å². The fourth-order valence-corrected chi connectivity index (χ4v) is 2.83. The zero-order chi connectivity index (χ0) is 21.5. The Hall–Kier alpha value is -0.850. The summed E-state index contributed by atoms with van der Waals surface area (Å²) >= 11 is 23.5. The number of ether oxygens (including phenoxy) is 3. The van der Waals surface area contributed by atoms with E-state index in [9.17, 15) is 0 Å². The van der Waals surface area contributed by atoms with Crippen LogP contribution >= 0.6 is 46.4 Å². The van der Waals surface area contributed by atoms with E-state index < -0.39 is 0 Å². The molecule has 1 aromatic carbocycles. The second kappa shape index (κ2) is 15.9. The van der Waals surface area contributed by atoms with Crippen molar-refractivity contribution in [3.05, 3.63) is 32.7 Å². The fourth-order valence-electron chi connectivity index (χ4n) is 2.12. The number of hydrogen-bond donors (Lipinski definition) is 0. The molecule has 0 heterocycles. The molecule has 0 fully saturated rings. The van der Waals surface area contributed by atoms with Crippen LogP contribution in [0.3, 0.4) is 0 Å². The number of rotatable bonds is 15. The molecule has 0 saturated heterocycles. The van der Waals surface area contributed by atoms with Gasteiger partial charge in [0.25, 0.3) is 0 Å². The molecule has 0 aliphatic rings. The van der Waals surface area contributed by atoms with Crippen molar-refractivity contribution in [2.24, 2.45) is 5.16 Å². The van der Waals surface area contributed by atoms with Gasteiger partial charge in [0, 0.05) is 18.7 Å². The summed E-state index contributed by atoms with van der Waals surface area (Å²) in [6, 6.07) is 3.29. The van der Waals surface area contributed by atoms with E-state index in [4.69, 9.17) is 65.5 Å². The van der Waals surface area contributed by atoms with Crippen LogP contribution in [0.15, 0.2) is 27.9 Å². The highest BCUT2D eigenvalue weighted by atomic mass is 35.5. The van der Waals surface area contributed by atoms with Crippen LogP contribution in [0.4, 0.5) is 0 Å². The lowest BCUT2D eigenvalue weighted by molar-refractivity contribution is 0.0840. The molecule has 0 aliphatic carbocycles. The van der Waals surface area contributed by atoms with Gasteiger partial charge in [-0.2, -0.15) is 0 Å². The number of benzene rings is 1. The highest BCUT2D eigenvalue weighted by Gasteiger charge is 2.10. The van der Waals surface area contributed by atoms with Gasteiger partial charge in [-0.3, -0.25) is 0 Å². The molecule has 0 radical (unpaired) electrons. The summed E-state index contributed by atoms with van der Waals surface area (Å²) in [5, 5.41) is 4.58. The molecular weight excluding hydrogens is 460 g/mol. The first-order chi connectivity index (χ1) is 13.9. The Morgan fingerprint density at radius 1 is 0.966 bits per heavy atom. The summed E-state index contributed by atoms with van der Waals surface area (Å²) in [5.41, 5.74) is 0. The Morgan fingerprint density at radius 3 is 2.24 bits per heavy atom. The SMILES string of the molecule is CC(C)O/N=C/COCCCCCCOc1c(Cl)cc(OCC=C(Cl)Cl)cc1Cl. The molecule has 0 unspecified atom stereocenters. The first-order valence-corrected chi connectivity index (χ1v) is 10.9. The first kappa shape index (κ1) is 26.2. The van der Waals surface area contributed by atoms with Crippen LogP contribution in [0.2, 0.25) is 10.0 Å². The van der Waals surface area contributed by atoms with Crippen LogP contribution in [0.5, 0.6) is 11.5 Å². The Kier molecular flexibility index (Phi) is 14.4. The average Bonchev–Trinajstić information content (AvgIpc) is 2.64. The van der Waals surface area contributed by atoms with E-state index in [1.54, 1.807) is 18.3 Å². The Bertz CT molecular complexity index is 626. The van der Waals surface area contributed by atoms with Gasteiger partial charge in [0.2, 0.25) is 0 Å². The lowest BCUT2D eigenvalue weighted by Gasteiger charge is -2.12. The van der Waals surface area contributed by atoms with Crippen LogP contribution in [0.1, 0.15) is 39.5 Å². The summed E-state index contributed by atoms with van der Waals surface area (Å²) in [7, 11) is 0. The molecule has 0 aliphatic heterocycles. The molecule has 9 heteroatoms. The second-order valence-corrected chi connectivity index (χ2v) is 8.12. The van der Waals surface area contributed by atoms with Crippen LogP contribution < -0.4 is 9.47 Å². The van der Waals surface area contributed by atoms with E-state index in [0.717, 1.165) is 25.7 Å². The molecule has 0 bridgehead atoms. The number of nitrogens with zero attached hydrogens (tertiary/aromatic N) is 1. The van der Waals surface area contributed by atoms with Crippen LogP contribution in [-0.4, -0.2) is 38.7 Å². The summed E-state index contributed by atoms with van der Waals surface area (Å²) in [5.74, 6) is 0.969. The van der Waals surface area contributed by atoms with Crippen molar-refractivity contribution < 1.29 is 19.0 Å². The van der Waals surface area contributed by atoms with Gasteiger partial charge in [-0.1, -0.05) is 58.0 Å². The number of hydrogen-bond acceptors (Lipinski definition) is 5. The van der Waals surface area contributed by atoms with Crippen molar-refractivity contribution in [1.82, 2.24) is 0 Å². The molecule has 0 atom stereocenters. The van der Waals surface area contributed by atoms with Gasteiger partial charge in [0.05, 0.1) is 29.5 Å². The minimum atomic E-state index is 0.0858. The van der Waals surface area contributed by atoms with E-state index in [0.29, 0.717) is 41.4 Å². The van der Waals surface area contributed by atoms with Crippen molar-refractivity contribution in [2.75, 3.05) is 26.4 Å². The third-order valence-corrected chi connectivity index (χ3v) is 4.30. The van der Waals surface area contributed by atoms with Crippen molar-refractivity contribution in [3.8, 4) is 11.5 Å². The minimum Gasteiger partial charge on any atom is -0.490 e. The molecule has 0 N–H and O–H groups in total. The third kappa shape index (κ3) is 13.1. The summed E-state index contributed by atoms with van der Waals surface area (Å²) < 4.78 is 16.8. The highest BCUT2D eigenvalue weighted by molar-refractivity contribution is 6.55. The highest BCUT2D eigenvalue weighted by Crippen LogP contribution is 2.37. The zero-order valence-corrected chi connectivity index (χ0v) is 19.7. The van der Waals surface area contributed by atoms with E-state index in [2.05, 4.69) is 5.16 Å². The summed E-state index contributed by atoms with van der Waals surface area (Å²) in [6.07, 6.45) is 7.18. The van der Waals surface area contributed by atoms with Crippen LogP contribution in [0, 0.1) is 0 Å². The van der Waals surface area contributed by atoms with Crippen molar-refractivity contribution in [2.45, 2.75) is 45.6 Å².